The van der Waals surface area contributed by atoms with Crippen LogP contribution in [0.2, 0.25) is 0 Å². The minimum absolute atomic E-state index is 0.248. The molecule has 1 fully saturated rings. The van der Waals surface area contributed by atoms with Gasteiger partial charge in [0.05, 0.1) is 4.90 Å². The van der Waals surface area contributed by atoms with Crippen molar-refractivity contribution in [1.82, 2.24) is 14.9 Å². The summed E-state index contributed by atoms with van der Waals surface area (Å²) in [4.78, 5) is 11.9. The van der Waals surface area contributed by atoms with Gasteiger partial charge in [0.1, 0.15) is 6.04 Å². The van der Waals surface area contributed by atoms with E-state index >= 15 is 0 Å². The van der Waals surface area contributed by atoms with Crippen LogP contribution in [0.5, 0.6) is 0 Å². The van der Waals surface area contributed by atoms with Gasteiger partial charge in [-0.05, 0) is 30.2 Å². The third-order valence-corrected chi connectivity index (χ3v) is 5.82. The molecule has 0 radical (unpaired) electrons. The molecular weight excluding hydrogens is 278 g/mol. The maximum absolute atomic E-state index is 12.7. The number of hydrogen-bond acceptors (Lipinski definition) is 4. The van der Waals surface area contributed by atoms with Crippen LogP contribution < -0.4 is 10.6 Å². The van der Waals surface area contributed by atoms with Gasteiger partial charge in [-0.25, -0.2) is 8.42 Å². The average molecular weight is 295 g/mol. The second-order valence-electron chi connectivity index (χ2n) is 5.12. The standard InChI is InChI=1S/C13H17N3O3S/c1-9-13(17)15-4-5-16(9)20(18,19)12-3-2-10-7-14-8-11(10)6-12/h2-3,6,9,14H,4-5,7-8H2,1H3,(H,15,17). The third-order valence-electron chi connectivity index (χ3n) is 3.86. The van der Waals surface area contributed by atoms with Gasteiger partial charge in [-0.1, -0.05) is 6.07 Å². The van der Waals surface area contributed by atoms with E-state index in [1.807, 2.05) is 6.07 Å². The Bertz CT molecular complexity index is 657. The Morgan fingerprint density at radius 1 is 1.25 bits per heavy atom. The Hall–Kier alpha value is -1.44. The lowest BCUT2D eigenvalue weighted by Gasteiger charge is -2.31. The molecule has 1 saturated heterocycles. The van der Waals surface area contributed by atoms with E-state index in [9.17, 15) is 13.2 Å². The maximum atomic E-state index is 12.7. The smallest absolute Gasteiger partial charge is 0.243 e. The Kier molecular flexibility index (Phi) is 3.27. The van der Waals surface area contributed by atoms with E-state index in [4.69, 9.17) is 0 Å². The molecule has 1 atom stereocenters. The van der Waals surface area contributed by atoms with Crippen molar-refractivity contribution in [3.05, 3.63) is 29.3 Å². The highest BCUT2D eigenvalue weighted by molar-refractivity contribution is 7.89. The van der Waals surface area contributed by atoms with Gasteiger partial charge in [-0.15, -0.1) is 0 Å². The number of hydrogen-bond donors (Lipinski definition) is 2. The first-order valence-corrected chi connectivity index (χ1v) is 8.06. The van der Waals surface area contributed by atoms with Crippen molar-refractivity contribution >= 4 is 15.9 Å². The fourth-order valence-electron chi connectivity index (χ4n) is 2.66. The van der Waals surface area contributed by atoms with E-state index in [2.05, 4.69) is 10.6 Å². The zero-order valence-electron chi connectivity index (χ0n) is 11.2. The molecule has 2 aliphatic rings. The molecule has 7 heteroatoms. The zero-order chi connectivity index (χ0) is 14.3. The second kappa shape index (κ2) is 4.83. The molecule has 2 aliphatic heterocycles. The minimum atomic E-state index is -3.62. The molecule has 2 N–H and O–H groups in total. The normalized spacial score (nSPS) is 23.4. The van der Waals surface area contributed by atoms with Crippen LogP contribution in [0.1, 0.15) is 18.1 Å². The van der Waals surface area contributed by atoms with Gasteiger partial charge in [0.25, 0.3) is 0 Å². The molecule has 3 rings (SSSR count). The maximum Gasteiger partial charge on any atom is 0.243 e. The van der Waals surface area contributed by atoms with Crippen LogP contribution in [0.4, 0.5) is 0 Å². The minimum Gasteiger partial charge on any atom is -0.353 e. The number of fused-ring (bicyclic) bond motifs is 1. The molecule has 2 heterocycles. The van der Waals surface area contributed by atoms with E-state index in [0.29, 0.717) is 19.6 Å². The van der Waals surface area contributed by atoms with E-state index in [1.54, 1.807) is 19.1 Å². The van der Waals surface area contributed by atoms with E-state index in [1.165, 1.54) is 4.31 Å². The predicted molar refractivity (Wildman–Crippen MR) is 73.3 cm³/mol. The van der Waals surface area contributed by atoms with Gasteiger partial charge >= 0.3 is 0 Å². The topological polar surface area (TPSA) is 78.5 Å². The Morgan fingerprint density at radius 3 is 2.80 bits per heavy atom. The molecule has 0 bridgehead atoms. The van der Waals surface area contributed by atoms with E-state index in [0.717, 1.165) is 17.7 Å². The molecular formula is C13H17N3O3S. The largest absolute Gasteiger partial charge is 0.353 e. The van der Waals surface area contributed by atoms with Crippen molar-refractivity contribution in [3.63, 3.8) is 0 Å². The SMILES string of the molecule is CC1C(=O)NCCN1S(=O)(=O)c1ccc2c(c1)CNC2. The number of nitrogens with zero attached hydrogens (tertiary/aromatic N) is 1. The second-order valence-corrected chi connectivity index (χ2v) is 7.01. The first-order valence-electron chi connectivity index (χ1n) is 6.62. The Balaban J connectivity index is 1.97. The number of amides is 1. The van der Waals surface area contributed by atoms with Gasteiger partial charge in [0, 0.05) is 26.2 Å². The molecule has 1 unspecified atom stereocenters. The van der Waals surface area contributed by atoms with E-state index in [-0.39, 0.29) is 10.8 Å². The van der Waals surface area contributed by atoms with Crippen molar-refractivity contribution in [1.29, 1.82) is 0 Å². The summed E-state index contributed by atoms with van der Waals surface area (Å²) >= 11 is 0. The third kappa shape index (κ3) is 2.11. The number of piperazine rings is 1. The molecule has 0 aliphatic carbocycles. The zero-order valence-corrected chi connectivity index (χ0v) is 12.0. The molecule has 6 nitrogen and oxygen atoms in total. The number of sulfonamides is 1. The summed E-state index contributed by atoms with van der Waals surface area (Å²) in [6.45, 7) is 3.74. The van der Waals surface area contributed by atoms with Crippen LogP contribution in [-0.2, 0) is 27.9 Å². The molecule has 1 aromatic rings. The molecule has 20 heavy (non-hydrogen) atoms. The predicted octanol–water partition coefficient (Wildman–Crippen LogP) is -0.201. The van der Waals surface area contributed by atoms with Crippen molar-refractivity contribution in [2.24, 2.45) is 0 Å². The summed E-state index contributed by atoms with van der Waals surface area (Å²) in [5.74, 6) is -0.248. The highest BCUT2D eigenvalue weighted by atomic mass is 32.2. The summed E-state index contributed by atoms with van der Waals surface area (Å²) in [6.07, 6.45) is 0. The number of carbonyl (C=O) groups excluding carboxylic acids is 1. The number of rotatable bonds is 2. The van der Waals surface area contributed by atoms with Crippen LogP contribution in [0, 0.1) is 0 Å². The molecule has 0 spiro atoms. The number of nitrogens with one attached hydrogen (secondary N) is 2. The quantitative estimate of drug-likeness (QED) is 0.792. The molecule has 1 amide bonds. The fraction of sp³-hybridized carbons (Fsp3) is 0.462. The van der Waals surface area contributed by atoms with Gasteiger partial charge in [-0.2, -0.15) is 4.31 Å². The lowest BCUT2D eigenvalue weighted by molar-refractivity contribution is -0.126. The van der Waals surface area contributed by atoms with Crippen LogP contribution >= 0.6 is 0 Å². The monoisotopic (exact) mass is 295 g/mol. The first-order chi connectivity index (χ1) is 9.50. The lowest BCUT2D eigenvalue weighted by Crippen LogP contribution is -2.55. The summed E-state index contributed by atoms with van der Waals surface area (Å²) < 4.78 is 26.6. The van der Waals surface area contributed by atoms with Crippen molar-refractivity contribution in [2.75, 3.05) is 13.1 Å². The Labute approximate surface area is 118 Å². The van der Waals surface area contributed by atoms with Crippen molar-refractivity contribution < 1.29 is 13.2 Å². The van der Waals surface area contributed by atoms with E-state index < -0.39 is 16.1 Å². The first kappa shape index (κ1) is 13.5. The molecule has 0 saturated carbocycles. The summed E-state index contributed by atoms with van der Waals surface area (Å²) in [7, 11) is -3.62. The molecule has 1 aromatic carbocycles. The van der Waals surface area contributed by atoms with Gasteiger partial charge < -0.3 is 10.6 Å². The molecule has 0 aromatic heterocycles. The van der Waals surface area contributed by atoms with Gasteiger partial charge in [0.15, 0.2) is 0 Å². The number of carbonyl (C=O) groups is 1. The summed E-state index contributed by atoms with van der Waals surface area (Å²) in [6, 6.07) is 4.52. The Morgan fingerprint density at radius 2 is 2.00 bits per heavy atom. The van der Waals surface area contributed by atoms with Crippen LogP contribution in [-0.4, -0.2) is 37.8 Å². The van der Waals surface area contributed by atoms with Crippen LogP contribution in [0.3, 0.4) is 0 Å². The molecule has 108 valence electrons. The summed E-state index contributed by atoms with van der Waals surface area (Å²) in [5.41, 5.74) is 2.15. The van der Waals surface area contributed by atoms with Gasteiger partial charge in [0.2, 0.25) is 15.9 Å². The fourth-order valence-corrected chi connectivity index (χ4v) is 4.30. The highest BCUT2D eigenvalue weighted by Gasteiger charge is 2.35. The van der Waals surface area contributed by atoms with Crippen LogP contribution in [0.15, 0.2) is 23.1 Å². The van der Waals surface area contributed by atoms with Crippen molar-refractivity contribution in [2.45, 2.75) is 31.0 Å². The highest BCUT2D eigenvalue weighted by Crippen LogP contribution is 2.24. The van der Waals surface area contributed by atoms with Crippen LogP contribution in [0.25, 0.3) is 0 Å². The average Bonchev–Trinajstić information content (AvgIpc) is 2.89. The van der Waals surface area contributed by atoms with Crippen molar-refractivity contribution in [3.8, 4) is 0 Å². The summed E-state index contributed by atoms with van der Waals surface area (Å²) in [5, 5.41) is 5.86. The van der Waals surface area contributed by atoms with Gasteiger partial charge in [-0.3, -0.25) is 4.79 Å². The lowest BCUT2D eigenvalue weighted by atomic mass is 10.1. The number of benzene rings is 1.